The molecule has 25 heavy (non-hydrogen) atoms. The highest BCUT2D eigenvalue weighted by Crippen LogP contribution is 2.26. The lowest BCUT2D eigenvalue weighted by atomic mass is 10.0. The molecular weight excluding hydrogens is 314 g/mol. The van der Waals surface area contributed by atoms with Gasteiger partial charge in [0, 0.05) is 32.2 Å². The Balaban J connectivity index is 1.33. The van der Waals surface area contributed by atoms with E-state index < -0.39 is 0 Å². The van der Waals surface area contributed by atoms with E-state index in [0.29, 0.717) is 12.6 Å². The number of benzene rings is 1. The summed E-state index contributed by atoms with van der Waals surface area (Å²) in [5.41, 5.74) is 1.07. The van der Waals surface area contributed by atoms with Crippen LogP contribution in [0.4, 0.5) is 4.79 Å². The van der Waals surface area contributed by atoms with Gasteiger partial charge in [0.1, 0.15) is 5.75 Å². The molecule has 5 heteroatoms. The van der Waals surface area contributed by atoms with Crippen LogP contribution in [0.15, 0.2) is 24.3 Å². The highest BCUT2D eigenvalue weighted by atomic mass is 16.5. The fourth-order valence-electron chi connectivity index (χ4n) is 3.98. The minimum absolute atomic E-state index is 0.0648. The van der Waals surface area contributed by atoms with E-state index in [2.05, 4.69) is 15.5 Å². The zero-order valence-corrected chi connectivity index (χ0v) is 15.3. The van der Waals surface area contributed by atoms with Crippen molar-refractivity contribution in [3.63, 3.8) is 0 Å². The van der Waals surface area contributed by atoms with E-state index in [1.165, 1.54) is 32.2 Å². The number of piperidine rings is 1. The molecule has 1 aliphatic carbocycles. The number of nitrogens with one attached hydrogen (secondary N) is 2. The van der Waals surface area contributed by atoms with Crippen molar-refractivity contribution in [1.82, 2.24) is 15.5 Å². The van der Waals surface area contributed by atoms with Crippen molar-refractivity contribution in [1.29, 1.82) is 0 Å². The number of hydrogen-bond acceptors (Lipinski definition) is 3. The first-order valence-corrected chi connectivity index (χ1v) is 9.62. The smallest absolute Gasteiger partial charge is 0.315 e. The average molecular weight is 345 g/mol. The van der Waals surface area contributed by atoms with Gasteiger partial charge in [-0.2, -0.15) is 0 Å². The quantitative estimate of drug-likeness (QED) is 0.833. The molecule has 1 aromatic rings. The molecule has 0 radical (unpaired) electrons. The molecule has 138 valence electrons. The summed E-state index contributed by atoms with van der Waals surface area (Å²) in [4.78, 5) is 14.7. The van der Waals surface area contributed by atoms with Crippen molar-refractivity contribution < 1.29 is 9.53 Å². The lowest BCUT2D eigenvalue weighted by Crippen LogP contribution is -2.48. The fourth-order valence-corrected chi connectivity index (χ4v) is 3.98. The highest BCUT2D eigenvalue weighted by molar-refractivity contribution is 5.74. The minimum Gasteiger partial charge on any atom is -0.497 e. The van der Waals surface area contributed by atoms with Crippen LogP contribution in [0.25, 0.3) is 0 Å². The summed E-state index contributed by atoms with van der Waals surface area (Å²) in [5.74, 6) is 1.75. The van der Waals surface area contributed by atoms with Gasteiger partial charge in [0.05, 0.1) is 7.11 Å². The van der Waals surface area contributed by atoms with Gasteiger partial charge in [0.25, 0.3) is 0 Å². The molecule has 1 aliphatic heterocycles. The second kappa shape index (κ2) is 9.09. The lowest BCUT2D eigenvalue weighted by Gasteiger charge is -2.33. The van der Waals surface area contributed by atoms with Crippen LogP contribution in [-0.2, 0) is 6.54 Å². The molecule has 0 unspecified atom stereocenters. The van der Waals surface area contributed by atoms with Gasteiger partial charge in [-0.1, -0.05) is 25.0 Å². The standard InChI is InChI=1S/C20H31N3O2/c1-25-19-8-6-16(7-9-19)14-21-20(24)22-18-10-12-23(13-11-18)15-17-4-2-3-5-17/h6-9,17-18H,2-5,10-15H2,1H3,(H2,21,22,24). The van der Waals surface area contributed by atoms with Crippen LogP contribution in [-0.4, -0.2) is 43.7 Å². The number of likely N-dealkylation sites (tertiary alicyclic amines) is 1. The molecule has 0 spiro atoms. The third-order valence-electron chi connectivity index (χ3n) is 5.53. The van der Waals surface area contributed by atoms with Crippen LogP contribution in [0.3, 0.4) is 0 Å². The third kappa shape index (κ3) is 5.63. The Morgan fingerprint density at radius 2 is 1.80 bits per heavy atom. The summed E-state index contributed by atoms with van der Waals surface area (Å²) >= 11 is 0. The minimum atomic E-state index is -0.0648. The van der Waals surface area contributed by atoms with Crippen molar-refractivity contribution in [2.24, 2.45) is 5.92 Å². The summed E-state index contributed by atoms with van der Waals surface area (Å²) in [6.07, 6.45) is 7.76. The zero-order valence-electron chi connectivity index (χ0n) is 15.3. The predicted octanol–water partition coefficient (Wildman–Crippen LogP) is 3.15. The maximum atomic E-state index is 12.1. The van der Waals surface area contributed by atoms with Crippen LogP contribution in [0.5, 0.6) is 5.75 Å². The average Bonchev–Trinajstić information content (AvgIpc) is 3.15. The van der Waals surface area contributed by atoms with Crippen molar-refractivity contribution >= 4 is 6.03 Å². The van der Waals surface area contributed by atoms with Gasteiger partial charge in [-0.15, -0.1) is 0 Å². The number of amides is 2. The molecule has 0 atom stereocenters. The maximum Gasteiger partial charge on any atom is 0.315 e. The number of rotatable bonds is 6. The summed E-state index contributed by atoms with van der Waals surface area (Å²) in [6.45, 7) is 4.02. The molecule has 1 aromatic carbocycles. The Kier molecular flexibility index (Phi) is 6.56. The summed E-state index contributed by atoms with van der Waals surface area (Å²) < 4.78 is 5.14. The molecule has 0 bridgehead atoms. The molecule has 2 fully saturated rings. The zero-order chi connectivity index (χ0) is 17.5. The van der Waals surface area contributed by atoms with E-state index in [4.69, 9.17) is 4.74 Å². The molecule has 1 saturated heterocycles. The highest BCUT2D eigenvalue weighted by Gasteiger charge is 2.24. The van der Waals surface area contributed by atoms with Crippen molar-refractivity contribution in [3.05, 3.63) is 29.8 Å². The summed E-state index contributed by atoms with van der Waals surface area (Å²) in [6, 6.07) is 8.01. The number of hydrogen-bond donors (Lipinski definition) is 2. The van der Waals surface area contributed by atoms with E-state index in [1.807, 2.05) is 24.3 Å². The maximum absolute atomic E-state index is 12.1. The number of urea groups is 1. The Labute approximate surface area is 151 Å². The first-order chi connectivity index (χ1) is 12.2. The summed E-state index contributed by atoms with van der Waals surface area (Å²) in [5, 5.41) is 6.07. The first-order valence-electron chi connectivity index (χ1n) is 9.62. The number of nitrogens with zero attached hydrogens (tertiary/aromatic N) is 1. The van der Waals surface area contributed by atoms with E-state index in [0.717, 1.165) is 43.2 Å². The fraction of sp³-hybridized carbons (Fsp3) is 0.650. The van der Waals surface area contributed by atoms with Crippen LogP contribution in [0, 0.1) is 5.92 Å². The number of methoxy groups -OCH3 is 1. The van der Waals surface area contributed by atoms with Gasteiger partial charge in [-0.05, 0) is 49.3 Å². The topological polar surface area (TPSA) is 53.6 Å². The molecular formula is C20H31N3O2. The molecule has 0 aromatic heterocycles. The third-order valence-corrected chi connectivity index (χ3v) is 5.53. The predicted molar refractivity (Wildman–Crippen MR) is 99.8 cm³/mol. The monoisotopic (exact) mass is 345 g/mol. The molecule has 2 N–H and O–H groups in total. The second-order valence-corrected chi connectivity index (χ2v) is 7.40. The Hall–Kier alpha value is -1.75. The molecule has 1 saturated carbocycles. The van der Waals surface area contributed by atoms with Crippen LogP contribution in [0.2, 0.25) is 0 Å². The van der Waals surface area contributed by atoms with Crippen LogP contribution < -0.4 is 15.4 Å². The van der Waals surface area contributed by atoms with Crippen LogP contribution in [0.1, 0.15) is 44.1 Å². The van der Waals surface area contributed by atoms with E-state index in [-0.39, 0.29) is 6.03 Å². The Morgan fingerprint density at radius 3 is 2.44 bits per heavy atom. The van der Waals surface area contributed by atoms with Crippen molar-refractivity contribution in [2.75, 3.05) is 26.7 Å². The Morgan fingerprint density at radius 1 is 1.12 bits per heavy atom. The normalized spacial score (nSPS) is 19.7. The van der Waals surface area contributed by atoms with Crippen LogP contribution >= 0.6 is 0 Å². The van der Waals surface area contributed by atoms with Gasteiger partial charge in [0.15, 0.2) is 0 Å². The molecule has 2 amide bonds. The SMILES string of the molecule is COc1ccc(CNC(=O)NC2CCN(CC3CCCC3)CC2)cc1. The Bertz CT molecular complexity index is 532. The van der Waals surface area contributed by atoms with Gasteiger partial charge >= 0.3 is 6.03 Å². The first kappa shape index (κ1) is 18.1. The molecule has 1 heterocycles. The second-order valence-electron chi connectivity index (χ2n) is 7.40. The lowest BCUT2D eigenvalue weighted by molar-refractivity contribution is 0.171. The van der Waals surface area contributed by atoms with E-state index >= 15 is 0 Å². The van der Waals surface area contributed by atoms with Crippen molar-refractivity contribution in [3.8, 4) is 5.75 Å². The molecule has 2 aliphatic rings. The van der Waals surface area contributed by atoms with E-state index in [9.17, 15) is 4.79 Å². The van der Waals surface area contributed by atoms with E-state index in [1.54, 1.807) is 7.11 Å². The van der Waals surface area contributed by atoms with Gasteiger partial charge in [-0.3, -0.25) is 0 Å². The molecule has 5 nitrogen and oxygen atoms in total. The number of carbonyl (C=O) groups is 1. The summed E-state index contributed by atoms with van der Waals surface area (Å²) in [7, 11) is 1.65. The largest absolute Gasteiger partial charge is 0.497 e. The number of carbonyl (C=O) groups excluding carboxylic acids is 1. The van der Waals surface area contributed by atoms with Gasteiger partial charge < -0.3 is 20.3 Å². The molecule has 3 rings (SSSR count). The van der Waals surface area contributed by atoms with Gasteiger partial charge in [0.2, 0.25) is 0 Å². The van der Waals surface area contributed by atoms with Crippen molar-refractivity contribution in [2.45, 2.75) is 51.1 Å². The number of ether oxygens (including phenoxy) is 1. The van der Waals surface area contributed by atoms with Gasteiger partial charge in [-0.25, -0.2) is 4.79 Å².